The van der Waals surface area contributed by atoms with E-state index in [2.05, 4.69) is 172 Å². The third kappa shape index (κ3) is 3.73. The molecule has 3 heteroatoms. The lowest BCUT2D eigenvalue weighted by Crippen LogP contribution is -2.19. The van der Waals surface area contributed by atoms with Crippen LogP contribution in [0, 0.1) is 0 Å². The molecule has 0 saturated carbocycles. The molecule has 0 unspecified atom stereocenters. The van der Waals surface area contributed by atoms with E-state index in [1.807, 2.05) is 0 Å². The molecule has 0 bridgehead atoms. The maximum Gasteiger partial charge on any atom is 0.162 e. The summed E-state index contributed by atoms with van der Waals surface area (Å²) in [5.41, 5.74) is 12.9. The minimum absolute atomic E-state index is 0.0636. The van der Waals surface area contributed by atoms with Crippen molar-refractivity contribution in [3.05, 3.63) is 162 Å². The molecule has 0 N–H and O–H groups in total. The van der Waals surface area contributed by atoms with Crippen molar-refractivity contribution in [1.29, 1.82) is 0 Å². The maximum absolute atomic E-state index is 5.67. The van der Waals surface area contributed by atoms with Crippen LogP contribution in [0.5, 0.6) is 0 Å². The highest BCUT2D eigenvalue weighted by atomic mass is 15.1. The van der Waals surface area contributed by atoms with Gasteiger partial charge >= 0.3 is 0 Å². The molecule has 2 aliphatic rings. The number of hydrogen-bond donors (Lipinski definition) is 0. The first kappa shape index (κ1) is 28.7. The first-order valence-electron chi connectivity index (χ1n) is 17.9. The smallest absolute Gasteiger partial charge is 0.162 e. The van der Waals surface area contributed by atoms with E-state index in [9.17, 15) is 0 Å². The van der Waals surface area contributed by atoms with Crippen molar-refractivity contribution in [3.63, 3.8) is 0 Å². The Morgan fingerprint density at radius 1 is 0.471 bits per heavy atom. The van der Waals surface area contributed by atoms with E-state index in [0.29, 0.717) is 0 Å². The lowest BCUT2D eigenvalue weighted by atomic mass is 9.82. The van der Waals surface area contributed by atoms with Gasteiger partial charge in [0.1, 0.15) is 5.82 Å². The Morgan fingerprint density at radius 3 is 1.92 bits per heavy atom. The Bertz CT molecular complexity index is 2980. The van der Waals surface area contributed by atoms with Gasteiger partial charge in [0.05, 0.1) is 16.7 Å². The Balaban J connectivity index is 1.28. The quantitative estimate of drug-likeness (QED) is 0.186. The molecule has 0 spiro atoms. The largest absolute Gasteiger partial charge is 0.293 e. The van der Waals surface area contributed by atoms with Gasteiger partial charge in [0, 0.05) is 38.3 Å². The van der Waals surface area contributed by atoms with E-state index < -0.39 is 0 Å². The fourth-order valence-corrected chi connectivity index (χ4v) is 9.44. The molecule has 2 aliphatic carbocycles. The van der Waals surface area contributed by atoms with Crippen molar-refractivity contribution >= 4 is 43.4 Å². The van der Waals surface area contributed by atoms with Crippen LogP contribution < -0.4 is 0 Å². The lowest BCUT2D eigenvalue weighted by molar-refractivity contribution is 0.650. The molecule has 2 aromatic heterocycles. The van der Waals surface area contributed by atoms with Gasteiger partial charge in [0.15, 0.2) is 5.82 Å². The first-order chi connectivity index (χ1) is 24.8. The zero-order chi connectivity index (χ0) is 34.2. The number of benzene rings is 7. The third-order valence-corrected chi connectivity index (χ3v) is 11.9. The minimum atomic E-state index is -0.308. The van der Waals surface area contributed by atoms with E-state index in [0.717, 1.165) is 33.9 Å². The molecular weight excluding hydrogens is 619 g/mol. The molecule has 7 aromatic carbocycles. The number of fused-ring (bicyclic) bond motifs is 12. The Morgan fingerprint density at radius 2 is 1.12 bits per heavy atom. The summed E-state index contributed by atoms with van der Waals surface area (Å²) in [5, 5.41) is 7.43. The van der Waals surface area contributed by atoms with Gasteiger partial charge in [-0.2, -0.15) is 0 Å². The predicted molar refractivity (Wildman–Crippen MR) is 212 cm³/mol. The Hall–Kier alpha value is -6.06. The van der Waals surface area contributed by atoms with Crippen LogP contribution in [0.4, 0.5) is 0 Å². The highest BCUT2D eigenvalue weighted by molar-refractivity contribution is 6.23. The van der Waals surface area contributed by atoms with E-state index in [1.54, 1.807) is 0 Å². The molecule has 242 valence electrons. The van der Waals surface area contributed by atoms with Crippen LogP contribution in [0.3, 0.4) is 0 Å². The van der Waals surface area contributed by atoms with Gasteiger partial charge in [-0.15, -0.1) is 0 Å². The monoisotopic (exact) mass is 653 g/mol. The van der Waals surface area contributed by atoms with Crippen LogP contribution in [-0.2, 0) is 10.8 Å². The molecule has 0 amide bonds. The summed E-state index contributed by atoms with van der Waals surface area (Å²) in [5.74, 6) is 1.70. The molecule has 0 atom stereocenters. The fraction of sp³-hybridized carbons (Fsp3) is 0.125. The van der Waals surface area contributed by atoms with Crippen LogP contribution in [0.1, 0.15) is 49.9 Å². The van der Waals surface area contributed by atoms with Gasteiger partial charge in [0.25, 0.3) is 0 Å². The third-order valence-electron chi connectivity index (χ3n) is 11.9. The van der Waals surface area contributed by atoms with Crippen LogP contribution in [0.25, 0.3) is 82.9 Å². The summed E-state index contributed by atoms with van der Waals surface area (Å²) >= 11 is 0. The van der Waals surface area contributed by atoms with E-state index in [1.165, 1.54) is 71.3 Å². The minimum Gasteiger partial charge on any atom is -0.293 e. The Kier molecular flexibility index (Phi) is 5.52. The highest BCUT2D eigenvalue weighted by Gasteiger charge is 2.41. The van der Waals surface area contributed by atoms with Gasteiger partial charge in [-0.25, -0.2) is 9.97 Å². The van der Waals surface area contributed by atoms with Crippen molar-refractivity contribution < 1.29 is 0 Å². The summed E-state index contributed by atoms with van der Waals surface area (Å²) < 4.78 is 2.44. The van der Waals surface area contributed by atoms with Crippen LogP contribution >= 0.6 is 0 Å². The fourth-order valence-electron chi connectivity index (χ4n) is 9.44. The zero-order valence-corrected chi connectivity index (χ0v) is 29.1. The van der Waals surface area contributed by atoms with Gasteiger partial charge in [-0.1, -0.05) is 143 Å². The van der Waals surface area contributed by atoms with Crippen LogP contribution in [-0.4, -0.2) is 14.5 Å². The molecule has 0 radical (unpaired) electrons. The van der Waals surface area contributed by atoms with E-state index >= 15 is 0 Å². The first-order valence-corrected chi connectivity index (χ1v) is 17.9. The van der Waals surface area contributed by atoms with Crippen LogP contribution in [0.15, 0.2) is 140 Å². The van der Waals surface area contributed by atoms with Crippen molar-refractivity contribution in [3.8, 4) is 39.6 Å². The average molecular weight is 654 g/mol. The lowest BCUT2D eigenvalue weighted by Gasteiger charge is -2.24. The van der Waals surface area contributed by atoms with E-state index in [-0.39, 0.29) is 10.8 Å². The van der Waals surface area contributed by atoms with Crippen molar-refractivity contribution in [2.75, 3.05) is 0 Å². The number of hydrogen-bond acceptors (Lipinski definition) is 2. The standard InChI is InChI=1S/C48H35N3/c1-47(2)37-19-11-9-17-33(37)35-26-31(21-23-39(35)47)45-49-44-34-18-10-12-20-38(34)48(3,4)43(44)46(50-45)51-40-24-22-28-13-7-8-16-32(28)42(40)36-25-29-14-5-6-15-30(29)27-41(36)51/h5-27H,1-4H3. The molecule has 0 fully saturated rings. The second-order valence-corrected chi connectivity index (χ2v) is 15.4. The summed E-state index contributed by atoms with van der Waals surface area (Å²) in [6.07, 6.45) is 0. The molecular formula is C48H35N3. The number of rotatable bonds is 2. The highest BCUT2D eigenvalue weighted by Crippen LogP contribution is 2.53. The van der Waals surface area contributed by atoms with Crippen LogP contribution in [0.2, 0.25) is 0 Å². The van der Waals surface area contributed by atoms with Gasteiger partial charge < -0.3 is 0 Å². The van der Waals surface area contributed by atoms with Gasteiger partial charge in [0.2, 0.25) is 0 Å². The maximum atomic E-state index is 5.67. The van der Waals surface area contributed by atoms with Crippen molar-refractivity contribution in [1.82, 2.24) is 14.5 Å². The Labute approximate surface area is 296 Å². The molecule has 2 heterocycles. The molecule has 51 heavy (non-hydrogen) atoms. The van der Waals surface area contributed by atoms with Crippen molar-refractivity contribution in [2.24, 2.45) is 0 Å². The van der Waals surface area contributed by atoms with Gasteiger partial charge in [-0.05, 0) is 73.6 Å². The molecule has 9 aromatic rings. The normalized spacial score (nSPS) is 15.0. The SMILES string of the molecule is CC1(C)c2ccccc2-c2cc(-c3nc4c(c(-n5c6cc7ccccc7cc6c6c7ccccc7ccc65)n3)C(C)(C)c3ccccc3-4)ccc21. The predicted octanol–water partition coefficient (Wildman–Crippen LogP) is 12.2. The second kappa shape index (κ2) is 9.80. The zero-order valence-electron chi connectivity index (χ0n) is 29.1. The van der Waals surface area contributed by atoms with Gasteiger partial charge in [-0.3, -0.25) is 4.57 Å². The second-order valence-electron chi connectivity index (χ2n) is 15.4. The average Bonchev–Trinajstić information content (AvgIpc) is 3.70. The molecule has 0 saturated heterocycles. The topological polar surface area (TPSA) is 30.7 Å². The summed E-state index contributed by atoms with van der Waals surface area (Å²) in [6.45, 7) is 9.32. The number of aromatic nitrogens is 3. The summed E-state index contributed by atoms with van der Waals surface area (Å²) in [7, 11) is 0. The van der Waals surface area contributed by atoms with Crippen molar-refractivity contribution in [2.45, 2.75) is 38.5 Å². The van der Waals surface area contributed by atoms with E-state index in [4.69, 9.17) is 9.97 Å². The summed E-state index contributed by atoms with van der Waals surface area (Å²) in [4.78, 5) is 11.2. The molecule has 11 rings (SSSR count). The molecule has 3 nitrogen and oxygen atoms in total. The molecule has 0 aliphatic heterocycles. The summed E-state index contributed by atoms with van der Waals surface area (Å²) in [6, 6.07) is 51.2. The number of nitrogens with zero attached hydrogens (tertiary/aromatic N) is 3.